The molecular weight excluding hydrogens is 393 g/mol. The summed E-state index contributed by atoms with van der Waals surface area (Å²) in [6.07, 6.45) is 3.40. The number of ether oxygens (including phenoxy) is 4. The van der Waals surface area contributed by atoms with Crippen molar-refractivity contribution in [2.24, 2.45) is 0 Å². The van der Waals surface area contributed by atoms with Gasteiger partial charge in [0.1, 0.15) is 11.8 Å². The van der Waals surface area contributed by atoms with Gasteiger partial charge in [-0.1, -0.05) is 0 Å². The van der Waals surface area contributed by atoms with Crippen molar-refractivity contribution in [1.82, 2.24) is 15.1 Å². The lowest BCUT2D eigenvalue weighted by Crippen LogP contribution is -2.44. The van der Waals surface area contributed by atoms with Crippen LogP contribution in [0.2, 0.25) is 0 Å². The van der Waals surface area contributed by atoms with Crippen LogP contribution in [0.15, 0.2) is 47.2 Å². The van der Waals surface area contributed by atoms with Crippen LogP contribution in [0.5, 0.6) is 17.6 Å². The molecule has 0 spiro atoms. The highest BCUT2D eigenvalue weighted by Gasteiger charge is 2.48. The Balaban J connectivity index is 1.34. The first-order valence-electron chi connectivity index (χ1n) is 9.59. The summed E-state index contributed by atoms with van der Waals surface area (Å²) in [4.78, 5) is 8.36. The third kappa shape index (κ3) is 4.35. The standard InChI is InChI=1S/C21H22FN3O5/c1-3-27-19-8-15(6-7-23-19)21(22)10-16(11-21)29-18-5-4-14(12-24-18)17-9-20(25-30-17)28-13-26-2/h4-9,12,16H,3,10-11,13H2,1-2H3/t16-,21+. The molecule has 1 saturated carbocycles. The highest BCUT2D eigenvalue weighted by molar-refractivity contribution is 5.57. The Bertz CT molecular complexity index is 973. The van der Waals surface area contributed by atoms with E-state index in [1.54, 1.807) is 42.7 Å². The zero-order chi connectivity index (χ0) is 21.0. The van der Waals surface area contributed by atoms with E-state index in [2.05, 4.69) is 15.1 Å². The summed E-state index contributed by atoms with van der Waals surface area (Å²) in [6.45, 7) is 2.43. The van der Waals surface area contributed by atoms with Crippen LogP contribution < -0.4 is 14.2 Å². The Hall–Kier alpha value is -3.20. The third-order valence-electron chi connectivity index (χ3n) is 4.77. The largest absolute Gasteiger partial charge is 0.478 e. The van der Waals surface area contributed by atoms with E-state index >= 15 is 4.39 Å². The maximum atomic E-state index is 15.2. The molecule has 0 aliphatic heterocycles. The van der Waals surface area contributed by atoms with Crippen LogP contribution in [-0.2, 0) is 10.4 Å². The van der Waals surface area contributed by atoms with Crippen LogP contribution >= 0.6 is 0 Å². The normalized spacial score (nSPS) is 20.4. The maximum Gasteiger partial charge on any atom is 0.256 e. The van der Waals surface area contributed by atoms with Gasteiger partial charge in [-0.15, -0.1) is 0 Å². The Labute approximate surface area is 172 Å². The molecule has 3 aromatic rings. The van der Waals surface area contributed by atoms with Crippen molar-refractivity contribution in [3.05, 3.63) is 48.3 Å². The average Bonchev–Trinajstić information content (AvgIpc) is 3.21. The van der Waals surface area contributed by atoms with Gasteiger partial charge in [-0.2, -0.15) is 0 Å². The van der Waals surface area contributed by atoms with Crippen LogP contribution in [0.1, 0.15) is 25.3 Å². The fourth-order valence-corrected chi connectivity index (χ4v) is 3.24. The second-order valence-corrected chi connectivity index (χ2v) is 6.89. The summed E-state index contributed by atoms with van der Waals surface area (Å²) < 4.78 is 41.6. The minimum absolute atomic E-state index is 0.0842. The van der Waals surface area contributed by atoms with Crippen molar-refractivity contribution in [2.45, 2.75) is 31.5 Å². The molecule has 8 nitrogen and oxygen atoms in total. The number of aromatic nitrogens is 3. The molecule has 30 heavy (non-hydrogen) atoms. The van der Waals surface area contributed by atoms with Crippen molar-refractivity contribution in [3.8, 4) is 29.0 Å². The van der Waals surface area contributed by atoms with Gasteiger partial charge in [-0.3, -0.25) is 0 Å². The van der Waals surface area contributed by atoms with E-state index < -0.39 is 5.67 Å². The molecule has 3 aromatic heterocycles. The van der Waals surface area contributed by atoms with Crippen molar-refractivity contribution in [2.75, 3.05) is 20.5 Å². The van der Waals surface area contributed by atoms with Crippen molar-refractivity contribution in [1.29, 1.82) is 0 Å². The first-order chi connectivity index (χ1) is 14.6. The van der Waals surface area contributed by atoms with Gasteiger partial charge in [0.25, 0.3) is 5.88 Å². The van der Waals surface area contributed by atoms with E-state index in [1.165, 1.54) is 7.11 Å². The summed E-state index contributed by atoms with van der Waals surface area (Å²) in [7, 11) is 1.52. The summed E-state index contributed by atoms with van der Waals surface area (Å²) in [6, 6.07) is 8.47. The molecular formula is C21H22FN3O5. The predicted octanol–water partition coefficient (Wildman–Crippen LogP) is 3.92. The lowest BCUT2D eigenvalue weighted by molar-refractivity contribution is -0.0487. The predicted molar refractivity (Wildman–Crippen MR) is 104 cm³/mol. The number of methoxy groups -OCH3 is 1. The molecule has 1 aliphatic rings. The zero-order valence-corrected chi connectivity index (χ0v) is 16.7. The van der Waals surface area contributed by atoms with Gasteiger partial charge >= 0.3 is 0 Å². The first kappa shape index (κ1) is 20.1. The van der Waals surface area contributed by atoms with Crippen LogP contribution in [-0.4, -0.2) is 41.7 Å². The van der Waals surface area contributed by atoms with Gasteiger partial charge in [0.2, 0.25) is 11.8 Å². The first-order valence-corrected chi connectivity index (χ1v) is 9.59. The molecule has 0 radical (unpaired) electrons. The highest BCUT2D eigenvalue weighted by Crippen LogP contribution is 2.47. The van der Waals surface area contributed by atoms with Crippen LogP contribution in [0.3, 0.4) is 0 Å². The molecule has 0 saturated heterocycles. The van der Waals surface area contributed by atoms with Crippen molar-refractivity contribution < 1.29 is 27.9 Å². The molecule has 0 atom stereocenters. The highest BCUT2D eigenvalue weighted by atomic mass is 19.1. The van der Waals surface area contributed by atoms with Crippen LogP contribution in [0.4, 0.5) is 4.39 Å². The van der Waals surface area contributed by atoms with Crippen LogP contribution in [0, 0.1) is 0 Å². The molecule has 1 fully saturated rings. The van der Waals surface area contributed by atoms with Crippen LogP contribution in [0.25, 0.3) is 11.3 Å². The Morgan fingerprint density at radius 3 is 2.70 bits per heavy atom. The fourth-order valence-electron chi connectivity index (χ4n) is 3.24. The second-order valence-electron chi connectivity index (χ2n) is 6.89. The van der Waals surface area contributed by atoms with Gasteiger partial charge in [0.05, 0.1) is 6.61 Å². The second kappa shape index (κ2) is 8.66. The quantitative estimate of drug-likeness (QED) is 0.486. The minimum Gasteiger partial charge on any atom is -0.478 e. The van der Waals surface area contributed by atoms with E-state index in [0.29, 0.717) is 35.6 Å². The van der Waals surface area contributed by atoms with E-state index in [1.807, 2.05) is 6.92 Å². The van der Waals surface area contributed by atoms with Gasteiger partial charge in [0, 0.05) is 56.1 Å². The number of hydrogen-bond donors (Lipinski definition) is 0. The lowest BCUT2D eigenvalue weighted by atomic mass is 9.74. The molecule has 4 rings (SSSR count). The maximum absolute atomic E-state index is 15.2. The Morgan fingerprint density at radius 1 is 1.10 bits per heavy atom. The number of hydrogen-bond acceptors (Lipinski definition) is 8. The van der Waals surface area contributed by atoms with E-state index in [-0.39, 0.29) is 25.7 Å². The van der Waals surface area contributed by atoms with Gasteiger partial charge < -0.3 is 23.5 Å². The number of alkyl halides is 1. The van der Waals surface area contributed by atoms with Gasteiger partial charge in [0.15, 0.2) is 12.6 Å². The summed E-state index contributed by atoms with van der Waals surface area (Å²) in [5, 5.41) is 3.79. The van der Waals surface area contributed by atoms with Gasteiger partial charge in [-0.25, -0.2) is 14.4 Å². The summed E-state index contributed by atoms with van der Waals surface area (Å²) in [5.41, 5.74) is -0.172. The molecule has 1 aliphatic carbocycles. The van der Waals surface area contributed by atoms with Crippen molar-refractivity contribution >= 4 is 0 Å². The average molecular weight is 415 g/mol. The SMILES string of the molecule is CCOc1cc([C@]2(F)C[C@@H](Oc3ccc(-c4cc(OCOC)no4)cn3)C2)ccn1. The minimum atomic E-state index is -1.45. The fraction of sp³-hybridized carbons (Fsp3) is 0.381. The molecule has 0 unspecified atom stereocenters. The van der Waals surface area contributed by atoms with Gasteiger partial charge in [-0.05, 0) is 29.8 Å². The molecule has 0 bridgehead atoms. The summed E-state index contributed by atoms with van der Waals surface area (Å²) in [5.74, 6) is 1.68. The molecule has 0 N–H and O–H groups in total. The zero-order valence-electron chi connectivity index (χ0n) is 16.7. The van der Waals surface area contributed by atoms with E-state index in [4.69, 9.17) is 23.5 Å². The Kier molecular flexibility index (Phi) is 5.80. The number of halogens is 1. The lowest BCUT2D eigenvalue weighted by Gasteiger charge is -2.41. The topological polar surface area (TPSA) is 88.7 Å². The van der Waals surface area contributed by atoms with Crippen molar-refractivity contribution in [3.63, 3.8) is 0 Å². The Morgan fingerprint density at radius 2 is 1.97 bits per heavy atom. The molecule has 9 heteroatoms. The van der Waals surface area contributed by atoms with E-state index in [9.17, 15) is 0 Å². The monoisotopic (exact) mass is 415 g/mol. The third-order valence-corrected chi connectivity index (χ3v) is 4.77. The molecule has 0 amide bonds. The number of pyridine rings is 2. The molecule has 3 heterocycles. The summed E-state index contributed by atoms with van der Waals surface area (Å²) >= 11 is 0. The molecule has 0 aromatic carbocycles. The molecule has 158 valence electrons. The van der Waals surface area contributed by atoms with E-state index in [0.717, 1.165) is 5.56 Å². The number of nitrogens with zero attached hydrogens (tertiary/aromatic N) is 3. The number of rotatable bonds is 9. The smallest absolute Gasteiger partial charge is 0.256 e.